The van der Waals surface area contributed by atoms with E-state index in [4.69, 9.17) is 14.2 Å². The van der Waals surface area contributed by atoms with Crippen molar-refractivity contribution in [1.29, 1.82) is 0 Å². The fraction of sp³-hybridized carbons (Fsp3) is 0.656. The normalized spacial score (nSPS) is 27.5. The SMILES string of the molecule is CC(C)CC[C@H](NC(=O)[C@@H]1COCCCCOc2ccccc2C(=O)N[C@@H](C)C(=O)N2CCC[C@H]2C(=O)N1)C(=O)[C@@]1(C)CO1. The van der Waals surface area contributed by atoms with Crippen LogP contribution in [0, 0.1) is 5.92 Å². The highest BCUT2D eigenvalue weighted by atomic mass is 16.6. The van der Waals surface area contributed by atoms with Gasteiger partial charge in [-0.15, -0.1) is 0 Å². The molecule has 2 saturated heterocycles. The topological polar surface area (TPSA) is 156 Å². The highest BCUT2D eigenvalue weighted by molar-refractivity contribution is 6.01. The van der Waals surface area contributed by atoms with Crippen LogP contribution in [0.3, 0.4) is 0 Å². The summed E-state index contributed by atoms with van der Waals surface area (Å²) in [5.41, 5.74) is -0.590. The molecular weight excluding hydrogens is 568 g/mol. The number of Topliss-reactive ketones (excluding diaryl/α,β-unsaturated/α-hetero) is 1. The van der Waals surface area contributed by atoms with E-state index >= 15 is 0 Å². The first-order chi connectivity index (χ1) is 21.0. The molecule has 3 heterocycles. The molecule has 3 aliphatic rings. The van der Waals surface area contributed by atoms with E-state index in [1.807, 2.05) is 13.8 Å². The number of hydrogen-bond acceptors (Lipinski definition) is 8. The van der Waals surface area contributed by atoms with Gasteiger partial charge in [0.05, 0.1) is 31.4 Å². The molecule has 0 aromatic heterocycles. The summed E-state index contributed by atoms with van der Waals surface area (Å²) < 4.78 is 17.1. The first-order valence-electron chi connectivity index (χ1n) is 15.7. The van der Waals surface area contributed by atoms with Gasteiger partial charge in [0.1, 0.15) is 29.5 Å². The second kappa shape index (κ2) is 15.0. The standard InChI is InChI=1S/C32H46N4O8/c1-20(2)13-14-23(27(37)32(4)19-44-32)34-29(39)24-18-42-16-7-8-17-43-26-12-6-5-10-22(26)28(38)33-21(3)31(41)36-15-9-11-25(36)30(40)35-24/h5-6,10,12,20-21,23-25H,7-9,11,13-19H2,1-4H3,(H,33,38)(H,34,39)(H,35,40)/t21-,23-,24-,25-,32+/m0/s1. The minimum Gasteiger partial charge on any atom is -0.493 e. The van der Waals surface area contributed by atoms with Gasteiger partial charge in [-0.25, -0.2) is 0 Å². The minimum absolute atomic E-state index is 0.104. The third kappa shape index (κ3) is 8.56. The summed E-state index contributed by atoms with van der Waals surface area (Å²) in [5, 5.41) is 8.39. The number of rotatable bonds is 7. The van der Waals surface area contributed by atoms with Crippen LogP contribution in [0.4, 0.5) is 0 Å². The molecule has 0 saturated carbocycles. The zero-order valence-corrected chi connectivity index (χ0v) is 26.2. The lowest BCUT2D eigenvalue weighted by molar-refractivity contribution is -0.141. The Labute approximate surface area is 258 Å². The Bertz CT molecular complexity index is 1220. The number of carbonyl (C=O) groups excluding carboxylic acids is 5. The second-order valence-corrected chi connectivity index (χ2v) is 12.5. The van der Waals surface area contributed by atoms with Gasteiger partial charge >= 0.3 is 0 Å². The zero-order chi connectivity index (χ0) is 31.9. The fourth-order valence-electron chi connectivity index (χ4n) is 5.47. The summed E-state index contributed by atoms with van der Waals surface area (Å²) in [6.45, 7) is 8.56. The van der Waals surface area contributed by atoms with Crippen molar-refractivity contribution in [3.8, 4) is 5.75 Å². The maximum Gasteiger partial charge on any atom is 0.255 e. The number of fused-ring (bicyclic) bond motifs is 2. The van der Waals surface area contributed by atoms with E-state index in [1.165, 1.54) is 4.90 Å². The van der Waals surface area contributed by atoms with Crippen molar-refractivity contribution >= 4 is 29.4 Å². The molecule has 3 aliphatic heterocycles. The average Bonchev–Trinajstić information content (AvgIpc) is 3.55. The predicted molar refractivity (Wildman–Crippen MR) is 161 cm³/mol. The van der Waals surface area contributed by atoms with Gasteiger partial charge in [-0.05, 0) is 70.4 Å². The molecule has 0 unspecified atom stereocenters. The van der Waals surface area contributed by atoms with Crippen molar-refractivity contribution in [2.24, 2.45) is 5.92 Å². The second-order valence-electron chi connectivity index (χ2n) is 12.5. The molecule has 44 heavy (non-hydrogen) atoms. The van der Waals surface area contributed by atoms with Crippen LogP contribution >= 0.6 is 0 Å². The van der Waals surface area contributed by atoms with E-state index in [0.29, 0.717) is 75.7 Å². The van der Waals surface area contributed by atoms with Gasteiger partial charge in [-0.2, -0.15) is 0 Å². The van der Waals surface area contributed by atoms with E-state index < -0.39 is 53.4 Å². The Morgan fingerprint density at radius 3 is 2.52 bits per heavy atom. The van der Waals surface area contributed by atoms with Crippen LogP contribution in [0.5, 0.6) is 5.75 Å². The molecule has 0 aliphatic carbocycles. The number of para-hydroxylation sites is 1. The number of nitrogens with zero attached hydrogens (tertiary/aromatic N) is 1. The van der Waals surface area contributed by atoms with E-state index in [0.717, 1.165) is 6.42 Å². The molecule has 4 rings (SSSR count). The highest BCUT2D eigenvalue weighted by Crippen LogP contribution is 2.29. The third-order valence-electron chi connectivity index (χ3n) is 8.31. The number of nitrogens with one attached hydrogen (secondary N) is 3. The molecule has 2 fully saturated rings. The fourth-order valence-corrected chi connectivity index (χ4v) is 5.47. The third-order valence-corrected chi connectivity index (χ3v) is 8.31. The Morgan fingerprint density at radius 1 is 1.07 bits per heavy atom. The molecule has 4 amide bonds. The lowest BCUT2D eigenvalue weighted by atomic mass is 9.94. The number of amides is 4. The average molecular weight is 615 g/mol. The smallest absolute Gasteiger partial charge is 0.255 e. The quantitative estimate of drug-likeness (QED) is 0.393. The van der Waals surface area contributed by atoms with Gasteiger partial charge in [0.2, 0.25) is 17.7 Å². The van der Waals surface area contributed by atoms with E-state index in [-0.39, 0.29) is 12.4 Å². The van der Waals surface area contributed by atoms with Gasteiger partial charge in [-0.3, -0.25) is 24.0 Å². The number of carbonyl (C=O) groups is 5. The number of epoxide rings is 1. The Morgan fingerprint density at radius 2 is 1.80 bits per heavy atom. The van der Waals surface area contributed by atoms with Crippen molar-refractivity contribution in [1.82, 2.24) is 20.9 Å². The van der Waals surface area contributed by atoms with Crippen LogP contribution in [0.1, 0.15) is 76.6 Å². The Balaban J connectivity index is 1.51. The molecule has 0 bridgehead atoms. The van der Waals surface area contributed by atoms with Gasteiger partial charge < -0.3 is 35.1 Å². The van der Waals surface area contributed by atoms with Gasteiger partial charge in [0, 0.05) is 13.2 Å². The van der Waals surface area contributed by atoms with E-state index in [9.17, 15) is 24.0 Å². The van der Waals surface area contributed by atoms with E-state index in [1.54, 1.807) is 38.1 Å². The monoisotopic (exact) mass is 614 g/mol. The van der Waals surface area contributed by atoms with Crippen LogP contribution in [0.2, 0.25) is 0 Å². The van der Waals surface area contributed by atoms with Gasteiger partial charge in [0.25, 0.3) is 5.91 Å². The number of ether oxygens (including phenoxy) is 3. The molecule has 0 spiro atoms. The molecule has 12 nitrogen and oxygen atoms in total. The Kier molecular flexibility index (Phi) is 11.4. The molecule has 3 N–H and O–H groups in total. The number of benzene rings is 1. The molecule has 1 aromatic rings. The van der Waals surface area contributed by atoms with Crippen LogP contribution < -0.4 is 20.7 Å². The molecule has 5 atom stereocenters. The van der Waals surface area contributed by atoms with Crippen molar-refractivity contribution in [3.05, 3.63) is 29.8 Å². The summed E-state index contributed by atoms with van der Waals surface area (Å²) in [6, 6.07) is 3.28. The lowest BCUT2D eigenvalue weighted by Crippen LogP contribution is -2.58. The first kappa shape index (κ1) is 33.4. The summed E-state index contributed by atoms with van der Waals surface area (Å²) in [6.07, 6.45) is 3.41. The first-order valence-corrected chi connectivity index (χ1v) is 15.7. The predicted octanol–water partition coefficient (Wildman–Crippen LogP) is 1.75. The summed E-state index contributed by atoms with van der Waals surface area (Å²) >= 11 is 0. The van der Waals surface area contributed by atoms with Crippen molar-refractivity contribution in [2.45, 2.75) is 96.0 Å². The maximum absolute atomic E-state index is 13.6. The zero-order valence-electron chi connectivity index (χ0n) is 26.2. The van der Waals surface area contributed by atoms with Gasteiger partial charge in [-0.1, -0.05) is 26.0 Å². The van der Waals surface area contributed by atoms with Crippen molar-refractivity contribution in [2.75, 3.05) is 33.0 Å². The molecular formula is C32H46N4O8. The highest BCUT2D eigenvalue weighted by Gasteiger charge is 2.50. The Hall–Kier alpha value is -3.51. The molecule has 242 valence electrons. The molecule has 1 aromatic carbocycles. The lowest BCUT2D eigenvalue weighted by Gasteiger charge is -2.29. The summed E-state index contributed by atoms with van der Waals surface area (Å²) in [5.74, 6) is -1.32. The minimum atomic E-state index is -1.08. The van der Waals surface area contributed by atoms with Crippen LogP contribution in [-0.2, 0) is 28.7 Å². The number of ketones is 1. The largest absolute Gasteiger partial charge is 0.493 e. The van der Waals surface area contributed by atoms with Crippen molar-refractivity contribution in [3.63, 3.8) is 0 Å². The van der Waals surface area contributed by atoms with Crippen LogP contribution in [-0.4, -0.2) is 97.1 Å². The number of hydrogen-bond donors (Lipinski definition) is 3. The van der Waals surface area contributed by atoms with Crippen molar-refractivity contribution < 1.29 is 38.2 Å². The maximum atomic E-state index is 13.6. The molecule has 0 radical (unpaired) electrons. The molecule has 12 heteroatoms. The van der Waals surface area contributed by atoms with Gasteiger partial charge in [0.15, 0.2) is 5.78 Å². The summed E-state index contributed by atoms with van der Waals surface area (Å²) in [7, 11) is 0. The summed E-state index contributed by atoms with van der Waals surface area (Å²) in [4.78, 5) is 68.3. The van der Waals surface area contributed by atoms with Crippen LogP contribution in [0.15, 0.2) is 24.3 Å². The van der Waals surface area contributed by atoms with Crippen LogP contribution in [0.25, 0.3) is 0 Å². The van der Waals surface area contributed by atoms with E-state index in [2.05, 4.69) is 16.0 Å².